The zero-order chi connectivity index (χ0) is 13.3. The first-order valence-corrected chi connectivity index (χ1v) is 6.90. The standard InChI is InChI=1S/C13H16ClN5/c14-10-4-6-11(7-5-10)19-12(16-17-18-19)13(15)8-2-1-3-9-13/h4-7H,1-3,8-9,15H2. The lowest BCUT2D eigenvalue weighted by Crippen LogP contribution is -2.41. The Hall–Kier alpha value is -1.46. The van der Waals surface area contributed by atoms with Crippen molar-refractivity contribution in [2.75, 3.05) is 0 Å². The second-order valence-corrected chi connectivity index (χ2v) is 5.54. The Morgan fingerprint density at radius 1 is 1.11 bits per heavy atom. The van der Waals surface area contributed by atoms with E-state index < -0.39 is 5.54 Å². The molecule has 3 rings (SSSR count). The molecule has 2 N–H and O–H groups in total. The Morgan fingerprint density at radius 2 is 1.79 bits per heavy atom. The predicted octanol–water partition coefficient (Wildman–Crippen LogP) is 2.43. The monoisotopic (exact) mass is 277 g/mol. The quantitative estimate of drug-likeness (QED) is 0.915. The van der Waals surface area contributed by atoms with Gasteiger partial charge in [-0.15, -0.1) is 5.10 Å². The highest BCUT2D eigenvalue weighted by molar-refractivity contribution is 6.30. The smallest absolute Gasteiger partial charge is 0.176 e. The fraction of sp³-hybridized carbons (Fsp3) is 0.462. The molecule has 0 unspecified atom stereocenters. The lowest BCUT2D eigenvalue weighted by molar-refractivity contribution is 0.282. The predicted molar refractivity (Wildman–Crippen MR) is 73.1 cm³/mol. The maximum Gasteiger partial charge on any atom is 0.176 e. The summed E-state index contributed by atoms with van der Waals surface area (Å²) in [5, 5.41) is 12.7. The average Bonchev–Trinajstić information content (AvgIpc) is 2.90. The summed E-state index contributed by atoms with van der Waals surface area (Å²) in [6.45, 7) is 0. The number of hydrogen-bond donors (Lipinski definition) is 1. The lowest BCUT2D eigenvalue weighted by atomic mass is 9.82. The van der Waals surface area contributed by atoms with Crippen LogP contribution in [0.15, 0.2) is 24.3 Å². The SMILES string of the molecule is NC1(c2nnnn2-c2ccc(Cl)cc2)CCCCC1. The molecule has 1 fully saturated rings. The van der Waals surface area contributed by atoms with Crippen molar-refractivity contribution >= 4 is 11.6 Å². The van der Waals surface area contributed by atoms with Gasteiger partial charge in [0.15, 0.2) is 5.82 Å². The van der Waals surface area contributed by atoms with E-state index in [2.05, 4.69) is 15.5 Å². The number of aromatic nitrogens is 4. The lowest BCUT2D eigenvalue weighted by Gasteiger charge is -2.31. The van der Waals surface area contributed by atoms with E-state index in [1.807, 2.05) is 24.3 Å². The van der Waals surface area contributed by atoms with Crippen LogP contribution in [0.2, 0.25) is 5.02 Å². The molecule has 1 saturated carbocycles. The maximum absolute atomic E-state index is 6.50. The summed E-state index contributed by atoms with van der Waals surface area (Å²) in [5.74, 6) is 0.745. The molecule has 1 aliphatic rings. The molecule has 1 aromatic heterocycles. The fourth-order valence-corrected chi connectivity index (χ4v) is 2.79. The Bertz CT molecular complexity index is 557. The first kappa shape index (κ1) is 12.6. The molecule has 0 radical (unpaired) electrons. The van der Waals surface area contributed by atoms with Crippen molar-refractivity contribution in [1.82, 2.24) is 20.2 Å². The minimum atomic E-state index is -0.415. The Kier molecular flexibility index (Phi) is 3.24. The third-order valence-corrected chi connectivity index (χ3v) is 3.98. The van der Waals surface area contributed by atoms with Gasteiger partial charge in [-0.2, -0.15) is 4.68 Å². The first-order chi connectivity index (χ1) is 9.19. The van der Waals surface area contributed by atoms with Gasteiger partial charge in [0.1, 0.15) is 0 Å². The highest BCUT2D eigenvalue weighted by Crippen LogP contribution is 2.34. The van der Waals surface area contributed by atoms with Crippen molar-refractivity contribution in [2.24, 2.45) is 5.73 Å². The van der Waals surface area contributed by atoms with E-state index in [0.29, 0.717) is 5.02 Å². The summed E-state index contributed by atoms with van der Waals surface area (Å²) in [7, 11) is 0. The summed E-state index contributed by atoms with van der Waals surface area (Å²) >= 11 is 5.90. The largest absolute Gasteiger partial charge is 0.319 e. The van der Waals surface area contributed by atoms with Gasteiger partial charge in [-0.05, 0) is 47.5 Å². The van der Waals surface area contributed by atoms with Crippen LogP contribution in [0.5, 0.6) is 0 Å². The summed E-state index contributed by atoms with van der Waals surface area (Å²) in [4.78, 5) is 0. The highest BCUT2D eigenvalue weighted by Gasteiger charge is 2.35. The molecule has 1 aliphatic carbocycles. The molecular formula is C13H16ClN5. The first-order valence-electron chi connectivity index (χ1n) is 6.53. The number of hydrogen-bond acceptors (Lipinski definition) is 4. The fourth-order valence-electron chi connectivity index (χ4n) is 2.66. The van der Waals surface area contributed by atoms with Crippen molar-refractivity contribution in [1.29, 1.82) is 0 Å². The van der Waals surface area contributed by atoms with E-state index >= 15 is 0 Å². The maximum atomic E-state index is 6.50. The minimum absolute atomic E-state index is 0.415. The number of tetrazole rings is 1. The van der Waals surface area contributed by atoms with E-state index in [0.717, 1.165) is 37.2 Å². The van der Waals surface area contributed by atoms with E-state index in [-0.39, 0.29) is 0 Å². The number of nitrogens with two attached hydrogens (primary N) is 1. The molecule has 0 bridgehead atoms. The van der Waals surface area contributed by atoms with Gasteiger partial charge in [-0.25, -0.2) is 0 Å². The summed E-state index contributed by atoms with van der Waals surface area (Å²) in [6, 6.07) is 7.45. The molecular weight excluding hydrogens is 262 g/mol. The van der Waals surface area contributed by atoms with Crippen LogP contribution in [-0.2, 0) is 5.54 Å². The third-order valence-electron chi connectivity index (χ3n) is 3.73. The third kappa shape index (κ3) is 2.35. The van der Waals surface area contributed by atoms with Gasteiger partial charge < -0.3 is 5.73 Å². The number of rotatable bonds is 2. The van der Waals surface area contributed by atoms with Gasteiger partial charge in [0.2, 0.25) is 0 Å². The normalized spacial score (nSPS) is 18.4. The average molecular weight is 278 g/mol. The molecule has 0 spiro atoms. The van der Waals surface area contributed by atoms with Crippen LogP contribution in [0.1, 0.15) is 37.9 Å². The van der Waals surface area contributed by atoms with Crippen molar-refractivity contribution < 1.29 is 0 Å². The Labute approximate surface area is 116 Å². The van der Waals surface area contributed by atoms with Crippen molar-refractivity contribution in [2.45, 2.75) is 37.6 Å². The zero-order valence-electron chi connectivity index (χ0n) is 10.6. The second kappa shape index (κ2) is 4.90. The van der Waals surface area contributed by atoms with Crippen LogP contribution in [0, 0.1) is 0 Å². The Morgan fingerprint density at radius 3 is 2.47 bits per heavy atom. The molecule has 5 nitrogen and oxygen atoms in total. The van der Waals surface area contributed by atoms with Crippen molar-refractivity contribution in [3.63, 3.8) is 0 Å². The van der Waals surface area contributed by atoms with Gasteiger partial charge in [0.25, 0.3) is 0 Å². The van der Waals surface area contributed by atoms with Crippen LogP contribution in [0.25, 0.3) is 5.69 Å². The molecule has 1 aromatic carbocycles. The summed E-state index contributed by atoms with van der Waals surface area (Å²) < 4.78 is 1.72. The molecule has 100 valence electrons. The van der Waals surface area contributed by atoms with Gasteiger partial charge in [0, 0.05) is 5.02 Å². The zero-order valence-corrected chi connectivity index (χ0v) is 11.3. The topological polar surface area (TPSA) is 69.6 Å². The van der Waals surface area contributed by atoms with E-state index in [1.165, 1.54) is 6.42 Å². The van der Waals surface area contributed by atoms with Gasteiger partial charge in [-0.3, -0.25) is 0 Å². The van der Waals surface area contributed by atoms with Crippen molar-refractivity contribution in [3.05, 3.63) is 35.1 Å². The van der Waals surface area contributed by atoms with Crippen molar-refractivity contribution in [3.8, 4) is 5.69 Å². The molecule has 1 heterocycles. The summed E-state index contributed by atoms with van der Waals surface area (Å²) in [5.41, 5.74) is 6.98. The highest BCUT2D eigenvalue weighted by atomic mass is 35.5. The van der Waals surface area contributed by atoms with Crippen LogP contribution in [0.4, 0.5) is 0 Å². The number of halogens is 1. The molecule has 19 heavy (non-hydrogen) atoms. The number of nitrogens with zero attached hydrogens (tertiary/aromatic N) is 4. The van der Waals surface area contributed by atoms with E-state index in [1.54, 1.807) is 4.68 Å². The van der Waals surface area contributed by atoms with E-state index in [9.17, 15) is 0 Å². The molecule has 0 saturated heterocycles. The number of benzene rings is 1. The molecule has 0 atom stereocenters. The Balaban J connectivity index is 2.00. The van der Waals surface area contributed by atoms with Crippen LogP contribution in [0.3, 0.4) is 0 Å². The molecule has 6 heteroatoms. The molecule has 0 amide bonds. The van der Waals surface area contributed by atoms with Crippen LogP contribution >= 0.6 is 11.6 Å². The minimum Gasteiger partial charge on any atom is -0.319 e. The summed E-state index contributed by atoms with van der Waals surface area (Å²) in [6.07, 6.45) is 5.36. The van der Waals surface area contributed by atoms with Gasteiger partial charge >= 0.3 is 0 Å². The molecule has 2 aromatic rings. The van der Waals surface area contributed by atoms with Gasteiger partial charge in [0.05, 0.1) is 11.2 Å². The van der Waals surface area contributed by atoms with Crippen LogP contribution < -0.4 is 5.73 Å². The second-order valence-electron chi connectivity index (χ2n) is 5.11. The van der Waals surface area contributed by atoms with Crippen LogP contribution in [-0.4, -0.2) is 20.2 Å². The van der Waals surface area contributed by atoms with Gasteiger partial charge in [-0.1, -0.05) is 30.9 Å². The van der Waals surface area contributed by atoms with E-state index in [4.69, 9.17) is 17.3 Å². The molecule has 0 aliphatic heterocycles.